The minimum Gasteiger partial charge on any atom is -0.368 e. The van der Waals surface area contributed by atoms with Gasteiger partial charge in [0.1, 0.15) is 18.8 Å². The standard InChI is InChI=1S/C19H24F3NO4/c1-11(2)8-16(18(25)23-17-12(3)26-10-15(17)24)27-9-13-4-6-14(7-5-13)19(20,21)22/h4-7,11-12,16-17H,8-10H2,1-3H3,(H,23,25)/t12-,16?,17+/m1/s1. The Morgan fingerprint density at radius 3 is 2.41 bits per heavy atom. The summed E-state index contributed by atoms with van der Waals surface area (Å²) in [6.45, 7) is 5.51. The van der Waals surface area contributed by atoms with Gasteiger partial charge in [-0.2, -0.15) is 13.2 Å². The summed E-state index contributed by atoms with van der Waals surface area (Å²) in [5.41, 5.74) is -0.213. The van der Waals surface area contributed by atoms with Gasteiger partial charge in [-0.25, -0.2) is 0 Å². The summed E-state index contributed by atoms with van der Waals surface area (Å²) in [5, 5.41) is 2.66. The molecule has 0 aliphatic carbocycles. The van der Waals surface area contributed by atoms with Gasteiger partial charge in [0.05, 0.1) is 18.3 Å². The van der Waals surface area contributed by atoms with Crippen LogP contribution in [0.5, 0.6) is 0 Å². The van der Waals surface area contributed by atoms with Crippen LogP contribution in [0.1, 0.15) is 38.3 Å². The third kappa shape index (κ3) is 6.04. The Kier molecular flexibility index (Phi) is 7.00. The minimum atomic E-state index is -4.40. The van der Waals surface area contributed by atoms with Crippen molar-refractivity contribution in [3.8, 4) is 0 Å². The molecule has 5 nitrogen and oxygen atoms in total. The van der Waals surface area contributed by atoms with Gasteiger partial charge in [-0.1, -0.05) is 26.0 Å². The largest absolute Gasteiger partial charge is 0.416 e. The van der Waals surface area contributed by atoms with Crippen LogP contribution in [-0.4, -0.2) is 36.5 Å². The number of rotatable bonds is 7. The maximum atomic E-state index is 12.6. The highest BCUT2D eigenvalue weighted by Gasteiger charge is 2.35. The molecule has 0 bridgehead atoms. The highest BCUT2D eigenvalue weighted by atomic mass is 19.4. The number of benzene rings is 1. The summed E-state index contributed by atoms with van der Waals surface area (Å²) < 4.78 is 48.7. The van der Waals surface area contributed by atoms with Crippen molar-refractivity contribution in [3.63, 3.8) is 0 Å². The van der Waals surface area contributed by atoms with Gasteiger partial charge in [-0.3, -0.25) is 9.59 Å². The van der Waals surface area contributed by atoms with Crippen LogP contribution < -0.4 is 5.32 Å². The molecule has 0 spiro atoms. The Morgan fingerprint density at radius 1 is 1.30 bits per heavy atom. The lowest BCUT2D eigenvalue weighted by molar-refractivity contribution is -0.137. The van der Waals surface area contributed by atoms with E-state index in [1.807, 2.05) is 13.8 Å². The van der Waals surface area contributed by atoms with E-state index < -0.39 is 35.9 Å². The average Bonchev–Trinajstić information content (AvgIpc) is 2.89. The van der Waals surface area contributed by atoms with Crippen molar-refractivity contribution in [2.75, 3.05) is 6.61 Å². The Labute approximate surface area is 156 Å². The maximum Gasteiger partial charge on any atom is 0.416 e. The molecule has 0 aromatic heterocycles. The zero-order valence-corrected chi connectivity index (χ0v) is 15.5. The lowest BCUT2D eigenvalue weighted by Crippen LogP contribution is -2.48. The molecule has 1 aromatic carbocycles. The molecule has 27 heavy (non-hydrogen) atoms. The monoisotopic (exact) mass is 387 g/mol. The lowest BCUT2D eigenvalue weighted by Gasteiger charge is -2.22. The molecule has 1 aromatic rings. The SMILES string of the molecule is CC(C)CC(OCc1ccc(C(F)(F)F)cc1)C(=O)N[C@@H]1C(=O)CO[C@@H]1C. The van der Waals surface area contributed by atoms with Crippen LogP contribution in [0.25, 0.3) is 0 Å². The van der Waals surface area contributed by atoms with E-state index in [1.165, 1.54) is 12.1 Å². The summed E-state index contributed by atoms with van der Waals surface area (Å²) in [4.78, 5) is 24.3. The maximum absolute atomic E-state index is 12.6. The van der Waals surface area contributed by atoms with Crippen LogP contribution in [0, 0.1) is 5.92 Å². The highest BCUT2D eigenvalue weighted by Crippen LogP contribution is 2.29. The number of amides is 1. The second kappa shape index (κ2) is 8.84. The number of halogens is 3. The third-order valence-corrected chi connectivity index (χ3v) is 4.31. The van der Waals surface area contributed by atoms with Crippen LogP contribution in [0.4, 0.5) is 13.2 Å². The van der Waals surface area contributed by atoms with Crippen molar-refractivity contribution >= 4 is 11.7 Å². The molecule has 1 aliphatic rings. The number of alkyl halides is 3. The smallest absolute Gasteiger partial charge is 0.368 e. The first-order valence-electron chi connectivity index (χ1n) is 8.80. The number of hydrogen-bond acceptors (Lipinski definition) is 4. The van der Waals surface area contributed by atoms with Crippen molar-refractivity contribution in [2.45, 2.75) is 58.2 Å². The summed E-state index contributed by atoms with van der Waals surface area (Å²) in [5.74, 6) is -0.463. The molecule has 1 heterocycles. The summed E-state index contributed by atoms with van der Waals surface area (Å²) in [6, 6.07) is 3.90. The van der Waals surface area contributed by atoms with Crippen LogP contribution in [0.2, 0.25) is 0 Å². The molecule has 1 fully saturated rings. The van der Waals surface area contributed by atoms with Gasteiger partial charge >= 0.3 is 6.18 Å². The fourth-order valence-electron chi connectivity index (χ4n) is 2.77. The number of hydrogen-bond donors (Lipinski definition) is 1. The molecule has 1 aliphatic heterocycles. The summed E-state index contributed by atoms with van der Waals surface area (Å²) in [7, 11) is 0. The van der Waals surface area contributed by atoms with E-state index in [4.69, 9.17) is 9.47 Å². The first-order chi connectivity index (χ1) is 12.6. The molecule has 2 rings (SSSR count). The highest BCUT2D eigenvalue weighted by molar-refractivity contribution is 5.92. The Morgan fingerprint density at radius 2 is 1.93 bits per heavy atom. The molecule has 150 valence electrons. The molecule has 0 saturated carbocycles. The molecular weight excluding hydrogens is 363 g/mol. The van der Waals surface area contributed by atoms with Gasteiger partial charge in [-0.15, -0.1) is 0 Å². The van der Waals surface area contributed by atoms with Crippen LogP contribution >= 0.6 is 0 Å². The first-order valence-corrected chi connectivity index (χ1v) is 8.80. The van der Waals surface area contributed by atoms with Crippen LogP contribution in [0.15, 0.2) is 24.3 Å². The van der Waals surface area contributed by atoms with Crippen molar-refractivity contribution in [2.24, 2.45) is 5.92 Å². The molecule has 1 amide bonds. The molecule has 1 saturated heterocycles. The van der Waals surface area contributed by atoms with E-state index in [0.29, 0.717) is 12.0 Å². The van der Waals surface area contributed by atoms with Gasteiger partial charge in [0.15, 0.2) is 5.78 Å². The first kappa shape index (κ1) is 21.4. The van der Waals surface area contributed by atoms with Gasteiger partial charge in [0.25, 0.3) is 0 Å². The Balaban J connectivity index is 1.99. The lowest BCUT2D eigenvalue weighted by atomic mass is 10.0. The second-order valence-electron chi connectivity index (χ2n) is 7.09. The number of Topliss-reactive ketones (excluding diaryl/α,β-unsaturated/α-hetero) is 1. The number of ether oxygens (including phenoxy) is 2. The zero-order valence-electron chi connectivity index (χ0n) is 15.5. The van der Waals surface area contributed by atoms with Gasteiger partial charge < -0.3 is 14.8 Å². The fraction of sp³-hybridized carbons (Fsp3) is 0.579. The number of carbonyl (C=O) groups excluding carboxylic acids is 2. The van der Waals surface area contributed by atoms with E-state index in [1.54, 1.807) is 6.92 Å². The molecule has 0 radical (unpaired) electrons. The predicted octanol–water partition coefficient (Wildman–Crippen LogP) is 3.11. The molecule has 1 N–H and O–H groups in total. The second-order valence-corrected chi connectivity index (χ2v) is 7.09. The zero-order chi connectivity index (χ0) is 20.2. The van der Waals surface area contributed by atoms with Gasteiger partial charge in [0.2, 0.25) is 5.91 Å². The van der Waals surface area contributed by atoms with E-state index >= 15 is 0 Å². The van der Waals surface area contributed by atoms with Crippen LogP contribution in [0.3, 0.4) is 0 Å². The van der Waals surface area contributed by atoms with Crippen molar-refractivity contribution < 1.29 is 32.2 Å². The Bertz CT molecular complexity index is 658. The van der Waals surface area contributed by atoms with E-state index in [0.717, 1.165) is 12.1 Å². The average molecular weight is 387 g/mol. The van der Waals surface area contributed by atoms with Crippen LogP contribution in [-0.2, 0) is 31.8 Å². The topological polar surface area (TPSA) is 64.6 Å². The molecule has 8 heteroatoms. The molecule has 1 unspecified atom stereocenters. The van der Waals surface area contributed by atoms with E-state index in [9.17, 15) is 22.8 Å². The number of carbonyl (C=O) groups is 2. The van der Waals surface area contributed by atoms with E-state index in [2.05, 4.69) is 5.32 Å². The number of nitrogens with one attached hydrogen (secondary N) is 1. The quantitative estimate of drug-likeness (QED) is 0.781. The van der Waals surface area contributed by atoms with Crippen molar-refractivity contribution in [1.82, 2.24) is 5.32 Å². The van der Waals surface area contributed by atoms with E-state index in [-0.39, 0.29) is 24.9 Å². The Hall–Kier alpha value is -1.93. The molecule has 3 atom stereocenters. The summed E-state index contributed by atoms with van der Waals surface area (Å²) in [6.07, 6.45) is -5.20. The third-order valence-electron chi connectivity index (χ3n) is 4.31. The van der Waals surface area contributed by atoms with Crippen molar-refractivity contribution in [1.29, 1.82) is 0 Å². The van der Waals surface area contributed by atoms with Gasteiger partial charge in [-0.05, 0) is 37.0 Å². The number of ketones is 1. The summed E-state index contributed by atoms with van der Waals surface area (Å²) >= 11 is 0. The minimum absolute atomic E-state index is 0.00634. The predicted molar refractivity (Wildman–Crippen MR) is 91.8 cm³/mol. The van der Waals surface area contributed by atoms with Crippen molar-refractivity contribution in [3.05, 3.63) is 35.4 Å². The molecular formula is C19H24F3NO4. The normalized spacial score (nSPS) is 21.5. The fourth-order valence-corrected chi connectivity index (χ4v) is 2.77. The van der Waals surface area contributed by atoms with Gasteiger partial charge in [0, 0.05) is 0 Å².